The lowest BCUT2D eigenvalue weighted by Crippen LogP contribution is -2.48. The summed E-state index contributed by atoms with van der Waals surface area (Å²) in [4.78, 5) is 22.7. The summed E-state index contributed by atoms with van der Waals surface area (Å²) in [5.74, 6) is 0.760. The lowest BCUT2D eigenvalue weighted by molar-refractivity contribution is 0.0952. The Hall–Kier alpha value is -2.39. The number of nitrogens with zero attached hydrogens (tertiary/aromatic N) is 3. The SMILES string of the molecule is COc1ccc2nc(N3CCN(CCNC(=O)c4sc5ccccc5c4Cl)CC3)sc2c1. The number of carbonyl (C=O) groups is 1. The van der Waals surface area contributed by atoms with Crippen LogP contribution in [-0.2, 0) is 0 Å². The number of thiophene rings is 1. The smallest absolute Gasteiger partial charge is 0.262 e. The number of thiazole rings is 1. The molecule has 6 nitrogen and oxygen atoms in total. The molecule has 1 N–H and O–H groups in total. The van der Waals surface area contributed by atoms with Gasteiger partial charge >= 0.3 is 0 Å². The largest absolute Gasteiger partial charge is 0.497 e. The number of carbonyl (C=O) groups excluding carboxylic acids is 1. The number of piperazine rings is 1. The van der Waals surface area contributed by atoms with Gasteiger partial charge < -0.3 is 15.0 Å². The first-order valence-electron chi connectivity index (χ1n) is 10.5. The molecule has 2 aromatic heterocycles. The van der Waals surface area contributed by atoms with Crippen molar-refractivity contribution in [2.75, 3.05) is 51.3 Å². The van der Waals surface area contributed by atoms with Crippen LogP contribution >= 0.6 is 34.3 Å². The molecule has 0 aliphatic carbocycles. The number of methoxy groups -OCH3 is 1. The maximum atomic E-state index is 12.6. The summed E-state index contributed by atoms with van der Waals surface area (Å²) < 4.78 is 7.49. The number of halogens is 1. The zero-order chi connectivity index (χ0) is 22.1. The molecule has 1 aliphatic heterocycles. The topological polar surface area (TPSA) is 57.7 Å². The van der Waals surface area contributed by atoms with Gasteiger partial charge in [-0.25, -0.2) is 4.98 Å². The van der Waals surface area contributed by atoms with Crippen molar-refractivity contribution < 1.29 is 9.53 Å². The van der Waals surface area contributed by atoms with E-state index in [4.69, 9.17) is 21.3 Å². The number of anilines is 1. The zero-order valence-corrected chi connectivity index (χ0v) is 20.0. The average Bonchev–Trinajstić information content (AvgIpc) is 3.40. The van der Waals surface area contributed by atoms with Crippen LogP contribution in [0.4, 0.5) is 5.13 Å². The van der Waals surface area contributed by atoms with Crippen LogP contribution in [0.15, 0.2) is 42.5 Å². The average molecular weight is 487 g/mol. The molecule has 0 unspecified atom stereocenters. The molecule has 1 amide bonds. The van der Waals surface area contributed by atoms with E-state index in [2.05, 4.69) is 15.1 Å². The van der Waals surface area contributed by atoms with Gasteiger partial charge in [-0.05, 0) is 24.3 Å². The molecule has 32 heavy (non-hydrogen) atoms. The maximum Gasteiger partial charge on any atom is 0.262 e. The molecule has 9 heteroatoms. The van der Waals surface area contributed by atoms with E-state index in [1.54, 1.807) is 18.4 Å². The Labute approximate surface area is 199 Å². The lowest BCUT2D eigenvalue weighted by Gasteiger charge is -2.34. The first-order valence-corrected chi connectivity index (χ1v) is 12.5. The predicted molar refractivity (Wildman–Crippen MR) is 134 cm³/mol. The third-order valence-electron chi connectivity index (χ3n) is 5.68. The number of rotatable bonds is 6. The van der Waals surface area contributed by atoms with Gasteiger partial charge in [-0.3, -0.25) is 9.69 Å². The molecular formula is C23H23ClN4O2S2. The molecule has 3 heterocycles. The van der Waals surface area contributed by atoms with Crippen molar-refractivity contribution in [2.45, 2.75) is 0 Å². The summed E-state index contributed by atoms with van der Waals surface area (Å²) in [5, 5.41) is 5.57. The summed E-state index contributed by atoms with van der Waals surface area (Å²) in [6.07, 6.45) is 0. The Balaban J connectivity index is 1.13. The van der Waals surface area contributed by atoms with Crippen molar-refractivity contribution >= 4 is 65.6 Å². The zero-order valence-electron chi connectivity index (χ0n) is 17.6. The Morgan fingerprint density at radius 3 is 2.72 bits per heavy atom. The van der Waals surface area contributed by atoms with E-state index in [0.717, 1.165) is 63.9 Å². The lowest BCUT2D eigenvalue weighted by atomic mass is 10.2. The number of fused-ring (bicyclic) bond motifs is 2. The highest BCUT2D eigenvalue weighted by Crippen LogP contribution is 2.35. The molecule has 0 spiro atoms. The van der Waals surface area contributed by atoms with E-state index in [0.29, 0.717) is 16.4 Å². The summed E-state index contributed by atoms with van der Waals surface area (Å²) in [6, 6.07) is 13.8. The van der Waals surface area contributed by atoms with E-state index in [1.165, 1.54) is 11.3 Å². The van der Waals surface area contributed by atoms with Gasteiger partial charge in [0.25, 0.3) is 5.91 Å². The molecule has 5 rings (SSSR count). The van der Waals surface area contributed by atoms with Gasteiger partial charge in [0.2, 0.25) is 0 Å². The van der Waals surface area contributed by atoms with E-state index in [9.17, 15) is 4.79 Å². The minimum absolute atomic E-state index is 0.0975. The van der Waals surface area contributed by atoms with Crippen molar-refractivity contribution in [3.05, 3.63) is 52.4 Å². The van der Waals surface area contributed by atoms with Crippen molar-refractivity contribution in [1.82, 2.24) is 15.2 Å². The molecule has 0 atom stereocenters. The molecular weight excluding hydrogens is 464 g/mol. The van der Waals surface area contributed by atoms with Gasteiger partial charge in [0.15, 0.2) is 5.13 Å². The maximum absolute atomic E-state index is 12.6. The minimum Gasteiger partial charge on any atom is -0.497 e. The highest BCUT2D eigenvalue weighted by atomic mass is 35.5. The third-order valence-corrected chi connectivity index (χ3v) is 8.43. The number of ether oxygens (including phenoxy) is 1. The van der Waals surface area contributed by atoms with Gasteiger partial charge in [-0.1, -0.05) is 41.1 Å². The quantitative estimate of drug-likeness (QED) is 0.427. The van der Waals surface area contributed by atoms with Crippen LogP contribution in [0.2, 0.25) is 5.02 Å². The van der Waals surface area contributed by atoms with Crippen LogP contribution in [0.5, 0.6) is 5.75 Å². The van der Waals surface area contributed by atoms with Crippen molar-refractivity contribution in [3.63, 3.8) is 0 Å². The van der Waals surface area contributed by atoms with E-state index >= 15 is 0 Å². The minimum atomic E-state index is -0.0975. The van der Waals surface area contributed by atoms with Crippen LogP contribution in [-0.4, -0.2) is 62.2 Å². The standard InChI is InChI=1S/C23H23ClN4O2S2/c1-30-15-6-7-17-19(14-15)32-23(26-17)28-12-10-27(11-13-28)9-8-25-22(29)21-20(24)16-4-2-3-5-18(16)31-21/h2-7,14H,8-13H2,1H3,(H,25,29). The molecule has 166 valence electrons. The summed E-state index contributed by atoms with van der Waals surface area (Å²) in [7, 11) is 1.68. The van der Waals surface area contributed by atoms with Gasteiger partial charge in [0, 0.05) is 49.4 Å². The summed E-state index contributed by atoms with van der Waals surface area (Å²) in [6.45, 7) is 5.15. The molecule has 1 aliphatic rings. The van der Waals surface area contributed by atoms with Crippen LogP contribution in [0.3, 0.4) is 0 Å². The molecule has 4 aromatic rings. The number of benzene rings is 2. The summed E-state index contributed by atoms with van der Waals surface area (Å²) in [5.41, 5.74) is 1.01. The normalized spacial score (nSPS) is 14.9. The van der Waals surface area contributed by atoms with Gasteiger partial charge in [-0.2, -0.15) is 0 Å². The van der Waals surface area contributed by atoms with Crippen molar-refractivity contribution in [3.8, 4) is 5.75 Å². The highest BCUT2D eigenvalue weighted by molar-refractivity contribution is 7.22. The number of amides is 1. The Morgan fingerprint density at radius 2 is 1.94 bits per heavy atom. The van der Waals surface area contributed by atoms with Crippen LogP contribution in [0.25, 0.3) is 20.3 Å². The highest BCUT2D eigenvalue weighted by Gasteiger charge is 2.21. The first kappa shape index (κ1) is 21.5. The van der Waals surface area contributed by atoms with Gasteiger partial charge in [0.1, 0.15) is 10.6 Å². The van der Waals surface area contributed by atoms with Crippen LogP contribution in [0.1, 0.15) is 9.67 Å². The number of hydrogen-bond acceptors (Lipinski definition) is 7. The fraction of sp³-hybridized carbons (Fsp3) is 0.304. The van der Waals surface area contributed by atoms with Gasteiger partial charge in [-0.15, -0.1) is 11.3 Å². The molecule has 0 saturated carbocycles. The Bertz CT molecular complexity index is 1260. The van der Waals surface area contributed by atoms with Crippen LogP contribution < -0.4 is 15.0 Å². The first-order chi connectivity index (χ1) is 15.6. The van der Waals surface area contributed by atoms with Crippen molar-refractivity contribution in [1.29, 1.82) is 0 Å². The van der Waals surface area contributed by atoms with Crippen LogP contribution in [0, 0.1) is 0 Å². The second kappa shape index (κ2) is 9.23. The monoisotopic (exact) mass is 486 g/mol. The van der Waals surface area contributed by atoms with E-state index in [-0.39, 0.29) is 5.91 Å². The number of nitrogens with one attached hydrogen (secondary N) is 1. The fourth-order valence-electron chi connectivity index (χ4n) is 3.89. The molecule has 1 fully saturated rings. The van der Waals surface area contributed by atoms with Gasteiger partial charge in [0.05, 0.1) is 22.3 Å². The third kappa shape index (κ3) is 4.28. The predicted octanol–water partition coefficient (Wildman–Crippen LogP) is 4.73. The number of aromatic nitrogens is 1. The molecule has 2 aromatic carbocycles. The molecule has 1 saturated heterocycles. The fourth-order valence-corrected chi connectivity index (χ4v) is 6.36. The second-order valence-electron chi connectivity index (χ2n) is 7.66. The van der Waals surface area contributed by atoms with E-state index < -0.39 is 0 Å². The van der Waals surface area contributed by atoms with Crippen molar-refractivity contribution in [2.24, 2.45) is 0 Å². The Kier molecular flexibility index (Phi) is 6.19. The Morgan fingerprint density at radius 1 is 1.12 bits per heavy atom. The molecule has 0 radical (unpaired) electrons. The second-order valence-corrected chi connectivity index (χ2v) is 10.1. The summed E-state index contributed by atoms with van der Waals surface area (Å²) >= 11 is 9.57. The molecule has 0 bridgehead atoms. The number of hydrogen-bond donors (Lipinski definition) is 1. The van der Waals surface area contributed by atoms with E-state index in [1.807, 2.05) is 42.5 Å².